The molecule has 1 aromatic heterocycles. The summed E-state index contributed by atoms with van der Waals surface area (Å²) in [5.41, 5.74) is 1.79. The van der Waals surface area contributed by atoms with E-state index in [9.17, 15) is 13.2 Å². The molecule has 0 saturated carbocycles. The van der Waals surface area contributed by atoms with E-state index in [-0.39, 0.29) is 15.7 Å². The van der Waals surface area contributed by atoms with Gasteiger partial charge in [-0.3, -0.25) is 4.79 Å². The minimum atomic E-state index is -3.60. The maximum absolute atomic E-state index is 12.7. The fourth-order valence-electron chi connectivity index (χ4n) is 2.59. The monoisotopic (exact) mass is 476 g/mol. The molecule has 0 atom stereocenters. The van der Waals surface area contributed by atoms with Crippen molar-refractivity contribution in [1.82, 2.24) is 4.31 Å². The Labute approximate surface area is 159 Å². The summed E-state index contributed by atoms with van der Waals surface area (Å²) in [7, 11) is -3.60. The maximum Gasteiger partial charge on any atom is 0.267 e. The van der Waals surface area contributed by atoms with Crippen molar-refractivity contribution in [1.29, 1.82) is 0 Å². The Bertz CT molecular complexity index is 871. The second-order valence-electron chi connectivity index (χ2n) is 5.64. The Morgan fingerprint density at radius 1 is 1.25 bits per heavy atom. The number of aryl methyl sites for hydroxylation is 1. The van der Waals surface area contributed by atoms with Gasteiger partial charge in [0.2, 0.25) is 10.0 Å². The second kappa shape index (κ2) is 7.11. The summed E-state index contributed by atoms with van der Waals surface area (Å²) in [5, 5.41) is 4.45. The Balaban J connectivity index is 1.86. The summed E-state index contributed by atoms with van der Waals surface area (Å²) in [6.45, 7) is 3.04. The smallest absolute Gasteiger partial charge is 0.267 e. The van der Waals surface area contributed by atoms with E-state index in [4.69, 9.17) is 0 Å². The first kappa shape index (κ1) is 17.8. The molecule has 24 heavy (non-hydrogen) atoms. The van der Waals surface area contributed by atoms with Crippen molar-refractivity contribution in [3.63, 3.8) is 0 Å². The van der Waals surface area contributed by atoms with E-state index >= 15 is 0 Å². The standard InChI is InChI=1S/C16H17IN2O3S2/c1-11-4-5-12(10-13(11)17)18-16(20)15-14(6-9-23-15)24(21,22)19-7-2-3-8-19/h4-6,9-10H,2-3,7-8H2,1H3,(H,18,20). The molecule has 0 spiro atoms. The van der Waals surface area contributed by atoms with Gasteiger partial charge in [-0.15, -0.1) is 11.3 Å². The lowest BCUT2D eigenvalue weighted by molar-refractivity contribution is 0.102. The zero-order valence-corrected chi connectivity index (χ0v) is 16.9. The molecule has 2 aromatic rings. The van der Waals surface area contributed by atoms with Crippen LogP contribution in [-0.2, 0) is 10.0 Å². The van der Waals surface area contributed by atoms with E-state index in [1.165, 1.54) is 10.4 Å². The van der Waals surface area contributed by atoms with Crippen molar-refractivity contribution in [3.8, 4) is 0 Å². The highest BCUT2D eigenvalue weighted by Crippen LogP contribution is 2.28. The molecule has 128 valence electrons. The van der Waals surface area contributed by atoms with Gasteiger partial charge in [0.15, 0.2) is 0 Å². The third kappa shape index (κ3) is 3.51. The fourth-order valence-corrected chi connectivity index (χ4v) is 5.92. The number of carbonyl (C=O) groups excluding carboxylic acids is 1. The summed E-state index contributed by atoms with van der Waals surface area (Å²) in [6.07, 6.45) is 1.74. The van der Waals surface area contributed by atoms with Crippen molar-refractivity contribution in [2.24, 2.45) is 0 Å². The Morgan fingerprint density at radius 2 is 1.96 bits per heavy atom. The molecule has 3 rings (SSSR count). The average molecular weight is 476 g/mol. The summed E-state index contributed by atoms with van der Waals surface area (Å²) in [5.74, 6) is -0.387. The molecule has 1 aromatic carbocycles. The van der Waals surface area contributed by atoms with E-state index in [0.717, 1.165) is 33.3 Å². The normalized spacial score (nSPS) is 15.6. The number of sulfonamides is 1. The van der Waals surface area contributed by atoms with Gasteiger partial charge in [0.05, 0.1) is 0 Å². The van der Waals surface area contributed by atoms with E-state index in [2.05, 4.69) is 27.9 Å². The zero-order valence-electron chi connectivity index (χ0n) is 13.1. The predicted octanol–water partition coefficient (Wildman–Crippen LogP) is 3.70. The van der Waals surface area contributed by atoms with Gasteiger partial charge < -0.3 is 5.32 Å². The Morgan fingerprint density at radius 3 is 2.62 bits per heavy atom. The van der Waals surface area contributed by atoms with Crippen LogP contribution in [0.2, 0.25) is 0 Å². The number of hydrogen-bond donors (Lipinski definition) is 1. The maximum atomic E-state index is 12.7. The van der Waals surface area contributed by atoms with Crippen molar-refractivity contribution in [3.05, 3.63) is 43.7 Å². The number of carbonyl (C=O) groups is 1. The first-order valence-corrected chi connectivity index (χ1v) is 10.9. The number of halogens is 1. The van der Waals surface area contributed by atoms with Gasteiger partial charge >= 0.3 is 0 Å². The molecule has 5 nitrogen and oxygen atoms in total. The number of nitrogens with zero attached hydrogens (tertiary/aromatic N) is 1. The minimum absolute atomic E-state index is 0.105. The van der Waals surface area contributed by atoms with Crippen molar-refractivity contribution >= 4 is 55.5 Å². The summed E-state index contributed by atoms with van der Waals surface area (Å²) in [4.78, 5) is 12.9. The van der Waals surface area contributed by atoms with Gasteiger partial charge in [0, 0.05) is 22.3 Å². The van der Waals surface area contributed by atoms with Crippen LogP contribution in [0.3, 0.4) is 0 Å². The van der Waals surface area contributed by atoms with Crippen LogP contribution in [-0.4, -0.2) is 31.7 Å². The van der Waals surface area contributed by atoms with Gasteiger partial charge in [-0.1, -0.05) is 6.07 Å². The van der Waals surface area contributed by atoms with Gasteiger partial charge in [0.1, 0.15) is 9.77 Å². The third-order valence-electron chi connectivity index (χ3n) is 3.95. The number of nitrogens with one attached hydrogen (secondary N) is 1. The van der Waals surface area contributed by atoms with Crippen molar-refractivity contribution in [2.45, 2.75) is 24.7 Å². The minimum Gasteiger partial charge on any atom is -0.321 e. The predicted molar refractivity (Wildman–Crippen MR) is 104 cm³/mol. The Hall–Kier alpha value is -0.970. The quantitative estimate of drug-likeness (QED) is 0.685. The molecule has 2 heterocycles. The van der Waals surface area contributed by atoms with E-state index in [1.54, 1.807) is 5.38 Å². The highest BCUT2D eigenvalue weighted by molar-refractivity contribution is 14.1. The fraction of sp³-hybridized carbons (Fsp3) is 0.312. The van der Waals surface area contributed by atoms with Crippen LogP contribution in [0.15, 0.2) is 34.5 Å². The SMILES string of the molecule is Cc1ccc(NC(=O)c2sccc2S(=O)(=O)N2CCCC2)cc1I. The Kier molecular flexibility index (Phi) is 5.28. The van der Waals surface area contributed by atoms with Gasteiger partial charge in [-0.05, 0) is 71.5 Å². The van der Waals surface area contributed by atoms with E-state index in [0.29, 0.717) is 18.8 Å². The number of hydrogen-bond acceptors (Lipinski definition) is 4. The largest absolute Gasteiger partial charge is 0.321 e. The topological polar surface area (TPSA) is 66.5 Å². The van der Waals surface area contributed by atoms with Gasteiger partial charge in [-0.25, -0.2) is 8.42 Å². The molecular weight excluding hydrogens is 459 g/mol. The second-order valence-corrected chi connectivity index (χ2v) is 9.63. The van der Waals surface area contributed by atoms with Crippen LogP contribution in [0.1, 0.15) is 28.1 Å². The molecule has 0 radical (unpaired) electrons. The lowest BCUT2D eigenvalue weighted by atomic mass is 10.2. The van der Waals surface area contributed by atoms with Crippen LogP contribution in [0.25, 0.3) is 0 Å². The molecule has 1 amide bonds. The van der Waals surface area contributed by atoms with E-state index in [1.807, 2.05) is 25.1 Å². The molecule has 1 aliphatic heterocycles. The van der Waals surface area contributed by atoms with Crippen LogP contribution in [0, 0.1) is 10.5 Å². The molecular formula is C16H17IN2O3S2. The summed E-state index contributed by atoms with van der Waals surface area (Å²) >= 11 is 3.35. The van der Waals surface area contributed by atoms with Gasteiger partial charge in [0.25, 0.3) is 5.91 Å². The average Bonchev–Trinajstić information content (AvgIpc) is 3.22. The number of rotatable bonds is 4. The number of anilines is 1. The first-order chi connectivity index (χ1) is 11.4. The number of benzene rings is 1. The number of amides is 1. The van der Waals surface area contributed by atoms with Crippen LogP contribution in [0.4, 0.5) is 5.69 Å². The van der Waals surface area contributed by atoms with Crippen LogP contribution < -0.4 is 5.32 Å². The molecule has 8 heteroatoms. The lowest BCUT2D eigenvalue weighted by Gasteiger charge is -2.15. The molecule has 1 fully saturated rings. The highest BCUT2D eigenvalue weighted by Gasteiger charge is 2.31. The molecule has 1 aliphatic rings. The van der Waals surface area contributed by atoms with Crippen LogP contribution >= 0.6 is 33.9 Å². The number of thiophene rings is 1. The molecule has 0 aliphatic carbocycles. The summed E-state index contributed by atoms with van der Waals surface area (Å²) < 4.78 is 27.9. The van der Waals surface area contributed by atoms with Crippen molar-refractivity contribution in [2.75, 3.05) is 18.4 Å². The van der Waals surface area contributed by atoms with Crippen molar-refractivity contribution < 1.29 is 13.2 Å². The van der Waals surface area contributed by atoms with Gasteiger partial charge in [-0.2, -0.15) is 4.31 Å². The molecule has 0 bridgehead atoms. The molecule has 0 unspecified atom stereocenters. The zero-order chi connectivity index (χ0) is 17.3. The first-order valence-electron chi connectivity index (χ1n) is 7.55. The molecule has 1 N–H and O–H groups in total. The van der Waals surface area contributed by atoms with E-state index < -0.39 is 10.0 Å². The molecule has 1 saturated heterocycles. The lowest BCUT2D eigenvalue weighted by Crippen LogP contribution is -2.29. The summed E-state index contributed by atoms with van der Waals surface area (Å²) in [6, 6.07) is 7.13. The third-order valence-corrected chi connectivity index (χ3v) is 8.09. The van der Waals surface area contributed by atoms with Crippen LogP contribution in [0.5, 0.6) is 0 Å². The highest BCUT2D eigenvalue weighted by atomic mass is 127.